The van der Waals surface area contributed by atoms with E-state index in [1.165, 1.54) is 0 Å². The summed E-state index contributed by atoms with van der Waals surface area (Å²) in [5.74, 6) is -0.00553. The van der Waals surface area contributed by atoms with Gasteiger partial charge >= 0.3 is 0 Å². The van der Waals surface area contributed by atoms with Crippen LogP contribution in [0.4, 0.5) is 5.69 Å². The minimum absolute atomic E-state index is 0.0977. The molecule has 2 aromatic rings. The lowest BCUT2D eigenvalue weighted by Crippen LogP contribution is -2.52. The molecule has 2 amide bonds. The van der Waals surface area contributed by atoms with E-state index in [2.05, 4.69) is 5.32 Å². The van der Waals surface area contributed by atoms with Gasteiger partial charge in [0.2, 0.25) is 11.8 Å². The van der Waals surface area contributed by atoms with Crippen LogP contribution in [0.5, 0.6) is 0 Å². The van der Waals surface area contributed by atoms with Crippen molar-refractivity contribution in [2.24, 2.45) is 5.73 Å². The second-order valence-corrected chi connectivity index (χ2v) is 7.88. The predicted molar refractivity (Wildman–Crippen MR) is 108 cm³/mol. The van der Waals surface area contributed by atoms with Gasteiger partial charge < -0.3 is 25.3 Å². The Morgan fingerprint density at radius 1 is 1.11 bits per heavy atom. The van der Waals surface area contributed by atoms with Crippen molar-refractivity contribution >= 4 is 28.4 Å². The van der Waals surface area contributed by atoms with Crippen LogP contribution in [-0.4, -0.2) is 53.1 Å². The number of rotatable bonds is 4. The molecular weight excluding hydrogens is 356 g/mol. The molecule has 7 heteroatoms. The lowest BCUT2D eigenvalue weighted by molar-refractivity contribution is -0.135. The molecule has 7 nitrogen and oxygen atoms in total. The molecule has 0 atom stereocenters. The third-order valence-corrected chi connectivity index (χ3v) is 5.90. The van der Waals surface area contributed by atoms with E-state index in [9.17, 15) is 9.59 Å². The molecule has 2 heterocycles. The SMILES string of the molecule is NC1(C(=O)Nc2ccc3c(ccn3CC(=O)N3CCOCC3)c2)CCCCC1. The van der Waals surface area contributed by atoms with Crippen molar-refractivity contribution in [1.29, 1.82) is 0 Å². The molecule has 1 aliphatic heterocycles. The van der Waals surface area contributed by atoms with Crippen molar-refractivity contribution < 1.29 is 14.3 Å². The standard InChI is InChI=1S/C21H28N4O3/c22-21(7-2-1-3-8-21)20(27)23-17-4-5-18-16(14-17)6-9-25(18)15-19(26)24-10-12-28-13-11-24/h4-6,9,14H,1-3,7-8,10-13,15,22H2,(H,23,27). The first-order valence-corrected chi connectivity index (χ1v) is 10.1. The minimum atomic E-state index is -0.760. The third kappa shape index (κ3) is 3.91. The number of ether oxygens (including phenoxy) is 1. The average molecular weight is 384 g/mol. The number of nitrogens with two attached hydrogens (primary N) is 1. The monoisotopic (exact) mass is 384 g/mol. The molecule has 1 aromatic carbocycles. The van der Waals surface area contributed by atoms with Gasteiger partial charge in [0.05, 0.1) is 18.8 Å². The Kier molecular flexibility index (Phi) is 5.37. The van der Waals surface area contributed by atoms with Gasteiger partial charge in [0.15, 0.2) is 0 Å². The number of carbonyl (C=O) groups excluding carboxylic acids is 2. The molecule has 1 saturated carbocycles. The van der Waals surface area contributed by atoms with E-state index < -0.39 is 5.54 Å². The van der Waals surface area contributed by atoms with Gasteiger partial charge in [0.25, 0.3) is 0 Å². The quantitative estimate of drug-likeness (QED) is 0.845. The van der Waals surface area contributed by atoms with Crippen LogP contribution in [0.25, 0.3) is 10.9 Å². The summed E-state index contributed by atoms with van der Waals surface area (Å²) in [6.07, 6.45) is 6.54. The first-order valence-electron chi connectivity index (χ1n) is 10.1. The smallest absolute Gasteiger partial charge is 0.244 e. The molecule has 1 saturated heterocycles. The molecular formula is C21H28N4O3. The van der Waals surface area contributed by atoms with Gasteiger partial charge in [0, 0.05) is 35.9 Å². The zero-order chi connectivity index (χ0) is 19.6. The number of aromatic nitrogens is 1. The van der Waals surface area contributed by atoms with Crippen LogP contribution in [0.2, 0.25) is 0 Å². The number of hydrogen-bond acceptors (Lipinski definition) is 4. The Bertz CT molecular complexity index is 864. The van der Waals surface area contributed by atoms with E-state index in [1.54, 1.807) is 0 Å². The molecule has 0 radical (unpaired) electrons. The number of hydrogen-bond donors (Lipinski definition) is 2. The van der Waals surface area contributed by atoms with E-state index in [1.807, 2.05) is 39.9 Å². The van der Waals surface area contributed by atoms with Crippen LogP contribution in [0.3, 0.4) is 0 Å². The number of carbonyl (C=O) groups is 2. The topological polar surface area (TPSA) is 89.6 Å². The summed E-state index contributed by atoms with van der Waals surface area (Å²) in [5, 5.41) is 3.97. The fourth-order valence-electron chi connectivity index (χ4n) is 4.14. The number of amides is 2. The summed E-state index contributed by atoms with van der Waals surface area (Å²) >= 11 is 0. The Hall–Kier alpha value is -2.38. The number of nitrogens with one attached hydrogen (secondary N) is 1. The van der Waals surface area contributed by atoms with Crippen LogP contribution >= 0.6 is 0 Å². The molecule has 2 fully saturated rings. The lowest BCUT2D eigenvalue weighted by atomic mass is 9.82. The first kappa shape index (κ1) is 19.0. The van der Waals surface area contributed by atoms with Gasteiger partial charge in [-0.2, -0.15) is 0 Å². The van der Waals surface area contributed by atoms with E-state index in [4.69, 9.17) is 10.5 Å². The molecule has 2 aliphatic rings. The molecule has 28 heavy (non-hydrogen) atoms. The van der Waals surface area contributed by atoms with Crippen LogP contribution in [-0.2, 0) is 20.9 Å². The zero-order valence-electron chi connectivity index (χ0n) is 16.2. The fourth-order valence-corrected chi connectivity index (χ4v) is 4.14. The van der Waals surface area contributed by atoms with Gasteiger partial charge in [-0.05, 0) is 37.1 Å². The summed E-state index contributed by atoms with van der Waals surface area (Å²) in [4.78, 5) is 27.0. The van der Waals surface area contributed by atoms with Gasteiger partial charge in [-0.25, -0.2) is 0 Å². The second-order valence-electron chi connectivity index (χ2n) is 7.88. The zero-order valence-corrected chi connectivity index (χ0v) is 16.2. The Morgan fingerprint density at radius 2 is 1.86 bits per heavy atom. The van der Waals surface area contributed by atoms with Crippen LogP contribution < -0.4 is 11.1 Å². The van der Waals surface area contributed by atoms with Gasteiger partial charge in [-0.1, -0.05) is 19.3 Å². The summed E-state index contributed by atoms with van der Waals surface area (Å²) in [6.45, 7) is 2.80. The number of anilines is 1. The highest BCUT2D eigenvalue weighted by atomic mass is 16.5. The molecule has 0 unspecified atom stereocenters. The third-order valence-electron chi connectivity index (χ3n) is 5.90. The molecule has 0 spiro atoms. The second kappa shape index (κ2) is 7.93. The number of fused-ring (bicyclic) bond motifs is 1. The van der Waals surface area contributed by atoms with Crippen molar-refractivity contribution in [2.45, 2.75) is 44.2 Å². The lowest BCUT2D eigenvalue weighted by Gasteiger charge is -2.31. The van der Waals surface area contributed by atoms with Crippen LogP contribution in [0.1, 0.15) is 32.1 Å². The molecule has 0 bridgehead atoms. The van der Waals surface area contributed by atoms with E-state index in [0.29, 0.717) is 32.8 Å². The maximum absolute atomic E-state index is 12.6. The molecule has 3 N–H and O–H groups in total. The fraction of sp³-hybridized carbons (Fsp3) is 0.524. The molecule has 4 rings (SSSR count). The summed E-state index contributed by atoms with van der Waals surface area (Å²) in [6, 6.07) is 7.73. The Morgan fingerprint density at radius 3 is 2.61 bits per heavy atom. The largest absolute Gasteiger partial charge is 0.378 e. The summed E-state index contributed by atoms with van der Waals surface area (Å²) in [5.41, 5.74) is 7.28. The normalized spacial score (nSPS) is 19.5. The van der Waals surface area contributed by atoms with Gasteiger partial charge in [-0.3, -0.25) is 9.59 Å². The van der Waals surface area contributed by atoms with Crippen molar-refractivity contribution in [1.82, 2.24) is 9.47 Å². The number of morpholine rings is 1. The van der Waals surface area contributed by atoms with Crippen molar-refractivity contribution in [2.75, 3.05) is 31.6 Å². The maximum atomic E-state index is 12.6. The highest BCUT2D eigenvalue weighted by Gasteiger charge is 2.35. The molecule has 1 aromatic heterocycles. The van der Waals surface area contributed by atoms with Gasteiger partial charge in [0.1, 0.15) is 6.54 Å². The molecule has 1 aliphatic carbocycles. The first-order chi connectivity index (χ1) is 13.5. The summed E-state index contributed by atoms with van der Waals surface area (Å²) < 4.78 is 7.26. The maximum Gasteiger partial charge on any atom is 0.244 e. The van der Waals surface area contributed by atoms with E-state index >= 15 is 0 Å². The minimum Gasteiger partial charge on any atom is -0.378 e. The van der Waals surface area contributed by atoms with E-state index in [-0.39, 0.29) is 11.8 Å². The number of benzene rings is 1. The summed E-state index contributed by atoms with van der Waals surface area (Å²) in [7, 11) is 0. The van der Waals surface area contributed by atoms with Crippen molar-refractivity contribution in [3.05, 3.63) is 30.5 Å². The highest BCUT2D eigenvalue weighted by Crippen LogP contribution is 2.28. The number of nitrogens with zero attached hydrogens (tertiary/aromatic N) is 2. The van der Waals surface area contributed by atoms with E-state index in [0.717, 1.165) is 48.7 Å². The van der Waals surface area contributed by atoms with Crippen LogP contribution in [0.15, 0.2) is 30.5 Å². The van der Waals surface area contributed by atoms with Crippen LogP contribution in [0, 0.1) is 0 Å². The highest BCUT2D eigenvalue weighted by molar-refractivity contribution is 5.99. The Labute approximate surface area is 164 Å². The average Bonchev–Trinajstić information content (AvgIpc) is 3.11. The van der Waals surface area contributed by atoms with Gasteiger partial charge in [-0.15, -0.1) is 0 Å². The van der Waals surface area contributed by atoms with Crippen molar-refractivity contribution in [3.63, 3.8) is 0 Å². The Balaban J connectivity index is 1.45. The van der Waals surface area contributed by atoms with Crippen molar-refractivity contribution in [3.8, 4) is 0 Å². The predicted octanol–water partition coefficient (Wildman–Crippen LogP) is 2.10. The molecule has 150 valence electrons.